The minimum atomic E-state index is -0.00958. The van der Waals surface area contributed by atoms with Crippen LogP contribution in [0, 0.1) is 12.8 Å². The average molecular weight is 319 g/mol. The van der Waals surface area contributed by atoms with Crippen LogP contribution in [-0.2, 0) is 4.79 Å². The minimum absolute atomic E-state index is 0.00958. The fraction of sp³-hybridized carbons (Fsp3) is 0.467. The van der Waals surface area contributed by atoms with Crippen molar-refractivity contribution < 1.29 is 4.79 Å². The van der Waals surface area contributed by atoms with E-state index in [0.717, 1.165) is 5.69 Å². The standard InChI is InChI=1S/C15H21N5OS/c1-10(2)12(4)16-14(21)9-22-15-17-18-19-20(15)13-7-5-11(3)6-8-13/h5-8,10,12H,9H2,1-4H3,(H,16,21). The van der Waals surface area contributed by atoms with Crippen molar-refractivity contribution in [2.45, 2.75) is 38.9 Å². The molecule has 0 radical (unpaired) electrons. The molecule has 1 aromatic heterocycles. The van der Waals surface area contributed by atoms with Gasteiger partial charge in [-0.3, -0.25) is 4.79 Å². The fourth-order valence-electron chi connectivity index (χ4n) is 1.71. The molecular formula is C15H21N5OS. The molecule has 0 bridgehead atoms. The third kappa shape index (κ3) is 4.30. The molecule has 2 rings (SSSR count). The summed E-state index contributed by atoms with van der Waals surface area (Å²) in [5, 5.41) is 15.2. The van der Waals surface area contributed by atoms with Crippen molar-refractivity contribution in [3.63, 3.8) is 0 Å². The molecule has 0 aliphatic heterocycles. The van der Waals surface area contributed by atoms with Crippen LogP contribution in [0.5, 0.6) is 0 Å². The lowest BCUT2D eigenvalue weighted by molar-refractivity contribution is -0.119. The second kappa shape index (κ2) is 7.40. The SMILES string of the molecule is Cc1ccc(-n2nnnc2SCC(=O)NC(C)C(C)C)cc1. The molecule has 2 aromatic rings. The molecule has 1 heterocycles. The van der Waals surface area contributed by atoms with Crippen LogP contribution in [0.2, 0.25) is 0 Å². The van der Waals surface area contributed by atoms with Crippen molar-refractivity contribution in [2.24, 2.45) is 5.92 Å². The van der Waals surface area contributed by atoms with Gasteiger partial charge in [0.2, 0.25) is 11.1 Å². The van der Waals surface area contributed by atoms with E-state index in [-0.39, 0.29) is 11.9 Å². The minimum Gasteiger partial charge on any atom is -0.353 e. The summed E-state index contributed by atoms with van der Waals surface area (Å²) in [4.78, 5) is 11.9. The number of aromatic nitrogens is 4. The van der Waals surface area contributed by atoms with Crippen LogP contribution in [0.3, 0.4) is 0 Å². The fourth-order valence-corrected chi connectivity index (χ4v) is 2.41. The normalized spacial score (nSPS) is 12.4. The molecule has 0 spiro atoms. The number of nitrogens with one attached hydrogen (secondary N) is 1. The lowest BCUT2D eigenvalue weighted by Gasteiger charge is -2.17. The van der Waals surface area contributed by atoms with Crippen molar-refractivity contribution in [3.8, 4) is 5.69 Å². The van der Waals surface area contributed by atoms with Gasteiger partial charge in [0.15, 0.2) is 0 Å². The van der Waals surface area contributed by atoms with E-state index in [1.165, 1.54) is 17.3 Å². The number of carbonyl (C=O) groups is 1. The van der Waals surface area contributed by atoms with Crippen LogP contribution in [-0.4, -0.2) is 37.9 Å². The average Bonchev–Trinajstić information content (AvgIpc) is 2.94. The van der Waals surface area contributed by atoms with Gasteiger partial charge in [-0.05, 0) is 42.3 Å². The zero-order chi connectivity index (χ0) is 16.1. The van der Waals surface area contributed by atoms with Crippen molar-refractivity contribution >= 4 is 17.7 Å². The number of hydrogen-bond donors (Lipinski definition) is 1. The highest BCUT2D eigenvalue weighted by Crippen LogP contribution is 2.18. The van der Waals surface area contributed by atoms with Crippen LogP contribution in [0.4, 0.5) is 0 Å². The van der Waals surface area contributed by atoms with E-state index < -0.39 is 0 Å². The summed E-state index contributed by atoms with van der Waals surface area (Å²) in [7, 11) is 0. The Bertz CT molecular complexity index is 623. The Kier molecular flexibility index (Phi) is 5.54. The monoisotopic (exact) mass is 319 g/mol. The molecule has 0 aliphatic carbocycles. The van der Waals surface area contributed by atoms with E-state index in [1.54, 1.807) is 4.68 Å². The van der Waals surface area contributed by atoms with Crippen molar-refractivity contribution in [3.05, 3.63) is 29.8 Å². The van der Waals surface area contributed by atoms with E-state index in [2.05, 4.69) is 34.7 Å². The van der Waals surface area contributed by atoms with Gasteiger partial charge in [0, 0.05) is 6.04 Å². The molecule has 0 saturated carbocycles. The van der Waals surface area contributed by atoms with Crippen LogP contribution >= 0.6 is 11.8 Å². The molecule has 22 heavy (non-hydrogen) atoms. The van der Waals surface area contributed by atoms with Gasteiger partial charge in [0.1, 0.15) is 0 Å². The number of tetrazole rings is 1. The Morgan fingerprint density at radius 1 is 1.27 bits per heavy atom. The van der Waals surface area contributed by atoms with Crippen LogP contribution in [0.25, 0.3) is 5.69 Å². The highest BCUT2D eigenvalue weighted by molar-refractivity contribution is 7.99. The van der Waals surface area contributed by atoms with Gasteiger partial charge in [-0.15, -0.1) is 5.10 Å². The summed E-state index contributed by atoms with van der Waals surface area (Å²) in [5.41, 5.74) is 2.06. The molecule has 1 N–H and O–H groups in total. The first kappa shape index (κ1) is 16.5. The first-order valence-electron chi connectivity index (χ1n) is 7.25. The second-order valence-corrected chi connectivity index (χ2v) is 6.54. The van der Waals surface area contributed by atoms with E-state index >= 15 is 0 Å². The number of benzene rings is 1. The van der Waals surface area contributed by atoms with Gasteiger partial charge >= 0.3 is 0 Å². The Morgan fingerprint density at radius 2 is 1.95 bits per heavy atom. The lowest BCUT2D eigenvalue weighted by Crippen LogP contribution is -2.37. The molecule has 1 unspecified atom stereocenters. The molecular weight excluding hydrogens is 298 g/mol. The first-order chi connectivity index (χ1) is 10.5. The third-order valence-corrected chi connectivity index (χ3v) is 4.36. The zero-order valence-electron chi connectivity index (χ0n) is 13.3. The van der Waals surface area contributed by atoms with Gasteiger partial charge < -0.3 is 5.32 Å². The van der Waals surface area contributed by atoms with Gasteiger partial charge in [-0.2, -0.15) is 4.68 Å². The first-order valence-corrected chi connectivity index (χ1v) is 8.23. The van der Waals surface area contributed by atoms with Gasteiger partial charge in [0.25, 0.3) is 0 Å². The summed E-state index contributed by atoms with van der Waals surface area (Å²) in [6, 6.07) is 8.07. The van der Waals surface area contributed by atoms with E-state index in [0.29, 0.717) is 16.8 Å². The summed E-state index contributed by atoms with van der Waals surface area (Å²) >= 11 is 1.33. The summed E-state index contributed by atoms with van der Waals surface area (Å²) in [6.07, 6.45) is 0. The predicted molar refractivity (Wildman–Crippen MR) is 87.1 cm³/mol. The maximum absolute atomic E-state index is 11.9. The van der Waals surface area contributed by atoms with Crippen LogP contribution in [0.15, 0.2) is 29.4 Å². The molecule has 7 heteroatoms. The Morgan fingerprint density at radius 3 is 2.59 bits per heavy atom. The Hall–Kier alpha value is -1.89. The molecule has 0 fully saturated rings. The Labute approximate surface area is 134 Å². The number of aryl methyl sites for hydroxylation is 1. The molecule has 1 amide bonds. The summed E-state index contributed by atoms with van der Waals surface area (Å²) < 4.78 is 1.64. The smallest absolute Gasteiger partial charge is 0.230 e. The molecule has 6 nitrogen and oxygen atoms in total. The third-order valence-electron chi connectivity index (χ3n) is 3.44. The van der Waals surface area contributed by atoms with E-state index in [4.69, 9.17) is 0 Å². The number of thioether (sulfide) groups is 1. The maximum Gasteiger partial charge on any atom is 0.230 e. The Balaban J connectivity index is 1.99. The van der Waals surface area contributed by atoms with Crippen molar-refractivity contribution in [1.29, 1.82) is 0 Å². The van der Waals surface area contributed by atoms with Crippen molar-refractivity contribution in [1.82, 2.24) is 25.5 Å². The molecule has 0 saturated heterocycles. The number of amides is 1. The molecule has 118 valence electrons. The summed E-state index contributed by atoms with van der Waals surface area (Å²) in [6.45, 7) is 8.19. The highest BCUT2D eigenvalue weighted by Gasteiger charge is 2.14. The van der Waals surface area contributed by atoms with E-state index in [1.807, 2.05) is 38.1 Å². The maximum atomic E-state index is 11.9. The lowest BCUT2D eigenvalue weighted by atomic mass is 10.1. The van der Waals surface area contributed by atoms with E-state index in [9.17, 15) is 4.79 Å². The van der Waals surface area contributed by atoms with Gasteiger partial charge in [-0.25, -0.2) is 0 Å². The predicted octanol–water partition coefficient (Wildman–Crippen LogP) is 2.22. The molecule has 1 atom stereocenters. The number of carbonyl (C=O) groups excluding carboxylic acids is 1. The van der Waals surface area contributed by atoms with Gasteiger partial charge in [0.05, 0.1) is 11.4 Å². The summed E-state index contributed by atoms with van der Waals surface area (Å²) in [5.74, 6) is 0.694. The second-order valence-electron chi connectivity index (χ2n) is 5.60. The molecule has 0 aliphatic rings. The topological polar surface area (TPSA) is 72.7 Å². The number of rotatable bonds is 6. The largest absolute Gasteiger partial charge is 0.353 e. The van der Waals surface area contributed by atoms with Crippen molar-refractivity contribution in [2.75, 3.05) is 5.75 Å². The van der Waals surface area contributed by atoms with Crippen LogP contribution in [0.1, 0.15) is 26.3 Å². The van der Waals surface area contributed by atoms with Crippen LogP contribution < -0.4 is 5.32 Å². The molecule has 1 aromatic carbocycles. The highest BCUT2D eigenvalue weighted by atomic mass is 32.2. The quantitative estimate of drug-likeness (QED) is 0.827. The number of nitrogens with zero attached hydrogens (tertiary/aromatic N) is 4. The zero-order valence-corrected chi connectivity index (χ0v) is 14.1. The van der Waals surface area contributed by atoms with Gasteiger partial charge in [-0.1, -0.05) is 43.3 Å². The number of hydrogen-bond acceptors (Lipinski definition) is 5.